The molecule has 200 valence electrons. The first-order valence-corrected chi connectivity index (χ1v) is 12.7. The zero-order chi connectivity index (χ0) is 26.7. The van der Waals surface area contributed by atoms with Crippen LogP contribution in [0.15, 0.2) is 30.3 Å². The number of carboxylic acid groups (broad SMARTS) is 1. The predicted molar refractivity (Wildman–Crippen MR) is 137 cm³/mol. The fourth-order valence-corrected chi connectivity index (χ4v) is 5.23. The minimum atomic E-state index is -0.926. The molecule has 1 aliphatic heterocycles. The number of alkyl halides is 1. The summed E-state index contributed by atoms with van der Waals surface area (Å²) in [7, 11) is 0. The molecule has 0 saturated carbocycles. The third-order valence-corrected chi connectivity index (χ3v) is 7.19. The van der Waals surface area contributed by atoms with Gasteiger partial charge in [0.15, 0.2) is 0 Å². The molecule has 4 rings (SSSR count). The van der Waals surface area contributed by atoms with Gasteiger partial charge in [0.25, 0.3) is 0 Å². The largest absolute Gasteiger partial charge is 0.492 e. The first-order chi connectivity index (χ1) is 17.7. The topological polar surface area (TPSA) is 77.6 Å². The number of nitrogens with one attached hydrogen (secondary N) is 2. The van der Waals surface area contributed by atoms with Crippen LogP contribution in [-0.4, -0.2) is 59.9 Å². The number of fused-ring (bicyclic) bond motifs is 3. The SMILES string of the molecule is Cc1c(OCCNCCCF)ccc(F)c1[C@@H]1c2[nH]c3ccc(F)cc3c2C[C@@H](C)N1CC(C)C(=O)O. The van der Waals surface area contributed by atoms with E-state index in [0.717, 1.165) is 22.2 Å². The summed E-state index contributed by atoms with van der Waals surface area (Å²) in [6.07, 6.45) is 1.00. The maximum atomic E-state index is 15.6. The number of aliphatic carboxylic acids is 1. The average molecular weight is 518 g/mol. The van der Waals surface area contributed by atoms with Crippen LogP contribution >= 0.6 is 0 Å². The third-order valence-electron chi connectivity index (χ3n) is 7.19. The first-order valence-electron chi connectivity index (χ1n) is 12.7. The van der Waals surface area contributed by atoms with Crippen molar-refractivity contribution in [3.05, 3.63) is 64.4 Å². The van der Waals surface area contributed by atoms with E-state index in [9.17, 15) is 18.7 Å². The number of benzene rings is 2. The van der Waals surface area contributed by atoms with Crippen molar-refractivity contribution in [2.45, 2.75) is 45.7 Å². The number of rotatable bonds is 11. The van der Waals surface area contributed by atoms with Gasteiger partial charge in [0, 0.05) is 41.3 Å². The molecular formula is C28H34F3N3O3. The molecular weight excluding hydrogens is 483 g/mol. The summed E-state index contributed by atoms with van der Waals surface area (Å²) in [6, 6.07) is 6.78. The number of carbonyl (C=O) groups is 1. The van der Waals surface area contributed by atoms with Gasteiger partial charge in [-0.05, 0) is 74.7 Å². The van der Waals surface area contributed by atoms with Crippen LogP contribution < -0.4 is 10.1 Å². The summed E-state index contributed by atoms with van der Waals surface area (Å²) in [5.41, 5.74) is 3.42. The van der Waals surface area contributed by atoms with Crippen molar-refractivity contribution in [2.75, 3.05) is 32.9 Å². The minimum Gasteiger partial charge on any atom is -0.492 e. The summed E-state index contributed by atoms with van der Waals surface area (Å²) >= 11 is 0. The Hall–Kier alpha value is -3.04. The van der Waals surface area contributed by atoms with Gasteiger partial charge in [-0.3, -0.25) is 14.1 Å². The molecule has 3 atom stereocenters. The van der Waals surface area contributed by atoms with Gasteiger partial charge in [-0.2, -0.15) is 0 Å². The lowest BCUT2D eigenvalue weighted by Crippen LogP contribution is -2.46. The molecule has 3 N–H and O–H groups in total. The number of aromatic nitrogens is 1. The van der Waals surface area contributed by atoms with Crippen molar-refractivity contribution in [3.63, 3.8) is 0 Å². The van der Waals surface area contributed by atoms with E-state index >= 15 is 4.39 Å². The average Bonchev–Trinajstić information content (AvgIpc) is 3.21. The molecule has 2 aromatic carbocycles. The van der Waals surface area contributed by atoms with Crippen LogP contribution in [0, 0.1) is 24.5 Å². The molecule has 1 aliphatic rings. The van der Waals surface area contributed by atoms with Gasteiger partial charge >= 0.3 is 5.97 Å². The van der Waals surface area contributed by atoms with E-state index in [4.69, 9.17) is 4.74 Å². The highest BCUT2D eigenvalue weighted by Gasteiger charge is 2.39. The number of H-pyrrole nitrogens is 1. The van der Waals surface area contributed by atoms with Crippen LogP contribution in [0.4, 0.5) is 13.2 Å². The fraction of sp³-hybridized carbons (Fsp3) is 0.464. The number of hydrogen-bond donors (Lipinski definition) is 3. The molecule has 2 heterocycles. The Morgan fingerprint density at radius 2 is 2.05 bits per heavy atom. The Balaban J connectivity index is 1.77. The highest BCUT2D eigenvalue weighted by molar-refractivity contribution is 5.85. The van der Waals surface area contributed by atoms with Gasteiger partial charge in [0.05, 0.1) is 18.6 Å². The van der Waals surface area contributed by atoms with Gasteiger partial charge < -0.3 is 20.1 Å². The molecule has 1 aromatic heterocycles. The molecule has 0 radical (unpaired) electrons. The lowest BCUT2D eigenvalue weighted by molar-refractivity contribution is -0.142. The molecule has 9 heteroatoms. The van der Waals surface area contributed by atoms with Crippen LogP contribution in [0.1, 0.15) is 48.7 Å². The van der Waals surface area contributed by atoms with E-state index in [0.29, 0.717) is 49.4 Å². The molecule has 0 fully saturated rings. The summed E-state index contributed by atoms with van der Waals surface area (Å²) in [4.78, 5) is 17.2. The number of hydrogen-bond acceptors (Lipinski definition) is 4. The standard InChI is InChI=1S/C28H34F3N3O3/c1-16(28(35)36)15-34-17(2)13-21-20-14-19(30)5-7-23(20)33-26(21)27(34)25-18(3)24(8-6-22(25)31)37-12-11-32-10-4-9-29/h5-8,14,16-17,27,32-33H,4,9-13,15H2,1-3H3,(H,35,36)/t16?,17-,27-/m1/s1. The lowest BCUT2D eigenvalue weighted by Gasteiger charge is -2.42. The van der Waals surface area contributed by atoms with Gasteiger partial charge in [-0.15, -0.1) is 0 Å². The molecule has 0 aliphatic carbocycles. The molecule has 0 bridgehead atoms. The van der Waals surface area contributed by atoms with Crippen LogP contribution in [0.2, 0.25) is 0 Å². The molecule has 1 unspecified atom stereocenters. The van der Waals surface area contributed by atoms with Gasteiger partial charge in [-0.25, -0.2) is 8.78 Å². The normalized spacial score (nSPS) is 18.6. The first kappa shape index (κ1) is 27.0. The maximum Gasteiger partial charge on any atom is 0.307 e. The molecule has 3 aromatic rings. The van der Waals surface area contributed by atoms with Crippen molar-refractivity contribution in [3.8, 4) is 5.75 Å². The van der Waals surface area contributed by atoms with Crippen molar-refractivity contribution in [1.82, 2.24) is 15.2 Å². The van der Waals surface area contributed by atoms with Gasteiger partial charge in [0.1, 0.15) is 24.0 Å². The molecule has 0 amide bonds. The van der Waals surface area contributed by atoms with Crippen LogP contribution in [-0.2, 0) is 11.2 Å². The number of aromatic amines is 1. The molecule has 6 nitrogen and oxygen atoms in total. The lowest BCUT2D eigenvalue weighted by atomic mass is 9.85. The van der Waals surface area contributed by atoms with Crippen molar-refractivity contribution in [1.29, 1.82) is 0 Å². The van der Waals surface area contributed by atoms with Gasteiger partial charge in [0.2, 0.25) is 0 Å². The number of carboxylic acids is 1. The Kier molecular flexibility index (Phi) is 8.44. The van der Waals surface area contributed by atoms with Crippen molar-refractivity contribution < 1.29 is 27.8 Å². The van der Waals surface area contributed by atoms with E-state index in [1.54, 1.807) is 26.0 Å². The summed E-state index contributed by atoms with van der Waals surface area (Å²) in [5.74, 6) is -1.85. The van der Waals surface area contributed by atoms with Crippen LogP contribution in [0.3, 0.4) is 0 Å². The Morgan fingerprint density at radius 1 is 1.27 bits per heavy atom. The zero-order valence-electron chi connectivity index (χ0n) is 21.4. The minimum absolute atomic E-state index is 0.121. The second-order valence-electron chi connectivity index (χ2n) is 9.82. The molecule has 37 heavy (non-hydrogen) atoms. The molecule has 0 spiro atoms. The van der Waals surface area contributed by atoms with Crippen LogP contribution in [0.25, 0.3) is 10.9 Å². The number of ether oxygens (including phenoxy) is 1. The van der Waals surface area contributed by atoms with E-state index < -0.39 is 23.7 Å². The third kappa shape index (κ3) is 5.62. The van der Waals surface area contributed by atoms with E-state index in [1.807, 2.05) is 11.8 Å². The fourth-order valence-electron chi connectivity index (χ4n) is 5.23. The Bertz CT molecular complexity index is 1260. The van der Waals surface area contributed by atoms with E-state index in [-0.39, 0.29) is 25.1 Å². The van der Waals surface area contributed by atoms with E-state index in [2.05, 4.69) is 10.3 Å². The predicted octanol–water partition coefficient (Wildman–Crippen LogP) is 5.14. The smallest absolute Gasteiger partial charge is 0.307 e. The van der Waals surface area contributed by atoms with Gasteiger partial charge in [-0.1, -0.05) is 6.92 Å². The number of halogens is 3. The van der Waals surface area contributed by atoms with Crippen molar-refractivity contribution in [2.24, 2.45) is 5.92 Å². The summed E-state index contributed by atoms with van der Waals surface area (Å²) < 4.78 is 48.0. The molecule has 0 saturated heterocycles. The highest BCUT2D eigenvalue weighted by Crippen LogP contribution is 2.44. The Morgan fingerprint density at radius 3 is 2.78 bits per heavy atom. The zero-order valence-corrected chi connectivity index (χ0v) is 21.4. The maximum absolute atomic E-state index is 15.6. The van der Waals surface area contributed by atoms with Crippen molar-refractivity contribution >= 4 is 16.9 Å². The van der Waals surface area contributed by atoms with E-state index in [1.165, 1.54) is 18.2 Å². The highest BCUT2D eigenvalue weighted by atomic mass is 19.1. The number of nitrogens with zero attached hydrogens (tertiary/aromatic N) is 1. The Labute approximate surface area is 214 Å². The second-order valence-corrected chi connectivity index (χ2v) is 9.82. The monoisotopic (exact) mass is 517 g/mol. The summed E-state index contributed by atoms with van der Waals surface area (Å²) in [6.45, 7) is 6.65. The second kappa shape index (κ2) is 11.6. The summed E-state index contributed by atoms with van der Waals surface area (Å²) in [5, 5.41) is 13.5. The van der Waals surface area contributed by atoms with Crippen LogP contribution in [0.5, 0.6) is 5.75 Å². The quantitative estimate of drug-likeness (QED) is 0.307.